The first-order valence-electron chi connectivity index (χ1n) is 6.48. The lowest BCUT2D eigenvalue weighted by Crippen LogP contribution is -2.07. The van der Waals surface area contributed by atoms with Crippen LogP contribution in [0.25, 0.3) is 0 Å². The molecule has 2 aromatic rings. The molecule has 108 valence electrons. The SMILES string of the molecule is CCc1nn(CC)c(COc2cc(F)ccc2N)c1Br. The standard InChI is InChI=1S/C14H17BrFN3O/c1-3-11-14(15)12(19(4-2)18-11)8-20-13-7-9(16)5-6-10(13)17/h5-7H,3-4,8,17H2,1-2H3. The molecule has 2 rings (SSSR count). The van der Waals surface area contributed by atoms with Gasteiger partial charge < -0.3 is 10.5 Å². The summed E-state index contributed by atoms with van der Waals surface area (Å²) in [6, 6.07) is 4.09. The third kappa shape index (κ3) is 2.95. The number of aromatic nitrogens is 2. The van der Waals surface area contributed by atoms with Crippen molar-refractivity contribution in [1.82, 2.24) is 9.78 Å². The van der Waals surface area contributed by atoms with Crippen LogP contribution in [0, 0.1) is 5.82 Å². The number of aryl methyl sites for hydroxylation is 2. The smallest absolute Gasteiger partial charge is 0.145 e. The first-order chi connectivity index (χ1) is 9.56. The zero-order valence-electron chi connectivity index (χ0n) is 11.5. The average molecular weight is 342 g/mol. The van der Waals surface area contributed by atoms with Crippen molar-refractivity contribution in [2.45, 2.75) is 33.4 Å². The lowest BCUT2D eigenvalue weighted by molar-refractivity contribution is 0.292. The van der Waals surface area contributed by atoms with Gasteiger partial charge in [-0.3, -0.25) is 4.68 Å². The Morgan fingerprint density at radius 3 is 2.80 bits per heavy atom. The second kappa shape index (κ2) is 6.26. The van der Waals surface area contributed by atoms with E-state index in [0.29, 0.717) is 11.4 Å². The number of rotatable bonds is 5. The number of hydrogen-bond donors (Lipinski definition) is 1. The summed E-state index contributed by atoms with van der Waals surface area (Å²) in [7, 11) is 0. The van der Waals surface area contributed by atoms with E-state index in [4.69, 9.17) is 10.5 Å². The number of ether oxygens (including phenoxy) is 1. The number of nitrogen functional groups attached to an aromatic ring is 1. The fourth-order valence-electron chi connectivity index (χ4n) is 1.93. The quantitative estimate of drug-likeness (QED) is 0.846. The van der Waals surface area contributed by atoms with Crippen LogP contribution >= 0.6 is 15.9 Å². The van der Waals surface area contributed by atoms with Crippen LogP contribution in [-0.4, -0.2) is 9.78 Å². The maximum Gasteiger partial charge on any atom is 0.145 e. The molecule has 0 aliphatic rings. The highest BCUT2D eigenvalue weighted by atomic mass is 79.9. The molecule has 0 spiro atoms. The van der Waals surface area contributed by atoms with Gasteiger partial charge in [0.25, 0.3) is 0 Å². The van der Waals surface area contributed by atoms with E-state index in [-0.39, 0.29) is 12.4 Å². The lowest BCUT2D eigenvalue weighted by Gasteiger charge is -2.10. The normalized spacial score (nSPS) is 10.8. The number of hydrogen-bond acceptors (Lipinski definition) is 3. The maximum atomic E-state index is 13.2. The maximum absolute atomic E-state index is 13.2. The van der Waals surface area contributed by atoms with Gasteiger partial charge >= 0.3 is 0 Å². The Balaban J connectivity index is 2.22. The Morgan fingerprint density at radius 1 is 1.40 bits per heavy atom. The largest absolute Gasteiger partial charge is 0.485 e. The summed E-state index contributed by atoms with van der Waals surface area (Å²) in [5.74, 6) is -0.0229. The van der Waals surface area contributed by atoms with Crippen LogP contribution in [0.5, 0.6) is 5.75 Å². The Kier molecular flexibility index (Phi) is 4.65. The second-order valence-corrected chi connectivity index (χ2v) is 5.14. The van der Waals surface area contributed by atoms with Gasteiger partial charge in [0, 0.05) is 12.6 Å². The van der Waals surface area contributed by atoms with Crippen molar-refractivity contribution in [2.75, 3.05) is 5.73 Å². The molecular formula is C14H17BrFN3O. The summed E-state index contributed by atoms with van der Waals surface area (Å²) < 4.78 is 21.6. The van der Waals surface area contributed by atoms with E-state index in [2.05, 4.69) is 21.0 Å². The predicted molar refractivity (Wildman–Crippen MR) is 80.1 cm³/mol. The Bertz CT molecular complexity index is 613. The van der Waals surface area contributed by atoms with Crippen molar-refractivity contribution < 1.29 is 9.13 Å². The zero-order chi connectivity index (χ0) is 14.7. The van der Waals surface area contributed by atoms with Gasteiger partial charge in [-0.05, 0) is 41.4 Å². The van der Waals surface area contributed by atoms with Gasteiger partial charge in [-0.2, -0.15) is 5.10 Å². The van der Waals surface area contributed by atoms with Gasteiger partial charge in [0.1, 0.15) is 18.2 Å². The molecule has 0 amide bonds. The minimum atomic E-state index is -0.369. The van der Waals surface area contributed by atoms with Crippen LogP contribution in [-0.2, 0) is 19.6 Å². The van der Waals surface area contributed by atoms with Crippen LogP contribution in [0.2, 0.25) is 0 Å². The molecule has 0 unspecified atom stereocenters. The van der Waals surface area contributed by atoms with Crippen molar-refractivity contribution in [1.29, 1.82) is 0 Å². The molecule has 20 heavy (non-hydrogen) atoms. The minimum Gasteiger partial charge on any atom is -0.485 e. The molecule has 0 saturated carbocycles. The molecule has 0 aliphatic heterocycles. The Hall–Kier alpha value is -1.56. The second-order valence-electron chi connectivity index (χ2n) is 4.35. The molecule has 4 nitrogen and oxygen atoms in total. The lowest BCUT2D eigenvalue weighted by atomic mass is 10.3. The Morgan fingerprint density at radius 2 is 2.15 bits per heavy atom. The monoisotopic (exact) mass is 341 g/mol. The van der Waals surface area contributed by atoms with Crippen LogP contribution in [0.1, 0.15) is 25.2 Å². The summed E-state index contributed by atoms with van der Waals surface area (Å²) >= 11 is 3.54. The van der Waals surface area contributed by atoms with Crippen molar-refractivity contribution in [3.05, 3.63) is 39.9 Å². The van der Waals surface area contributed by atoms with E-state index in [1.807, 2.05) is 18.5 Å². The minimum absolute atomic E-state index is 0.287. The number of benzene rings is 1. The third-order valence-corrected chi connectivity index (χ3v) is 3.95. The number of nitrogens with two attached hydrogens (primary N) is 1. The average Bonchev–Trinajstić information content (AvgIpc) is 2.75. The van der Waals surface area contributed by atoms with Crippen LogP contribution in [0.15, 0.2) is 22.7 Å². The van der Waals surface area contributed by atoms with Crippen molar-refractivity contribution in [3.8, 4) is 5.75 Å². The zero-order valence-corrected chi connectivity index (χ0v) is 13.1. The van der Waals surface area contributed by atoms with Crippen molar-refractivity contribution in [3.63, 3.8) is 0 Å². The van der Waals surface area contributed by atoms with Gasteiger partial charge in [0.2, 0.25) is 0 Å². The molecule has 0 aliphatic carbocycles. The number of nitrogens with zero attached hydrogens (tertiary/aromatic N) is 2. The molecular weight excluding hydrogens is 325 g/mol. The molecule has 1 heterocycles. The summed E-state index contributed by atoms with van der Waals surface area (Å²) in [6.07, 6.45) is 0.836. The first-order valence-corrected chi connectivity index (χ1v) is 7.28. The van der Waals surface area contributed by atoms with Gasteiger partial charge in [0.05, 0.1) is 21.5 Å². The highest BCUT2D eigenvalue weighted by Gasteiger charge is 2.15. The molecule has 2 N–H and O–H groups in total. The molecule has 0 fully saturated rings. The van der Waals surface area contributed by atoms with Gasteiger partial charge in [-0.1, -0.05) is 6.92 Å². The molecule has 0 atom stereocenters. The molecule has 0 saturated heterocycles. The molecule has 0 bridgehead atoms. The summed E-state index contributed by atoms with van der Waals surface area (Å²) in [5, 5.41) is 4.48. The van der Waals surface area contributed by atoms with Gasteiger partial charge in [0.15, 0.2) is 0 Å². The highest BCUT2D eigenvalue weighted by Crippen LogP contribution is 2.26. The van der Waals surface area contributed by atoms with E-state index in [1.54, 1.807) is 0 Å². The number of anilines is 1. The Labute approximate surface area is 125 Å². The van der Waals surface area contributed by atoms with E-state index in [0.717, 1.165) is 28.8 Å². The van der Waals surface area contributed by atoms with Crippen LogP contribution in [0.3, 0.4) is 0 Å². The van der Waals surface area contributed by atoms with Crippen molar-refractivity contribution >= 4 is 21.6 Å². The van der Waals surface area contributed by atoms with Gasteiger partial charge in [-0.25, -0.2) is 4.39 Å². The summed E-state index contributed by atoms with van der Waals surface area (Å²) in [4.78, 5) is 0. The van der Waals surface area contributed by atoms with E-state index < -0.39 is 0 Å². The van der Waals surface area contributed by atoms with E-state index in [9.17, 15) is 4.39 Å². The number of halogens is 2. The van der Waals surface area contributed by atoms with Gasteiger partial charge in [-0.15, -0.1) is 0 Å². The fourth-order valence-corrected chi connectivity index (χ4v) is 2.61. The molecule has 1 aromatic heterocycles. The first kappa shape index (κ1) is 14.8. The highest BCUT2D eigenvalue weighted by molar-refractivity contribution is 9.10. The summed E-state index contributed by atoms with van der Waals surface area (Å²) in [5.41, 5.74) is 8.09. The molecule has 1 aromatic carbocycles. The molecule has 6 heteroatoms. The topological polar surface area (TPSA) is 53.1 Å². The van der Waals surface area contributed by atoms with Crippen LogP contribution < -0.4 is 10.5 Å². The van der Waals surface area contributed by atoms with Crippen LogP contribution in [0.4, 0.5) is 10.1 Å². The summed E-state index contributed by atoms with van der Waals surface area (Å²) in [6.45, 7) is 5.09. The fraction of sp³-hybridized carbons (Fsp3) is 0.357. The van der Waals surface area contributed by atoms with E-state index in [1.165, 1.54) is 18.2 Å². The van der Waals surface area contributed by atoms with E-state index >= 15 is 0 Å². The molecule has 0 radical (unpaired) electrons. The predicted octanol–water partition coefficient (Wildman–Crippen LogP) is 3.53. The van der Waals surface area contributed by atoms with Crippen molar-refractivity contribution in [2.24, 2.45) is 0 Å². The third-order valence-electron chi connectivity index (χ3n) is 3.03.